The van der Waals surface area contributed by atoms with Crippen LogP contribution in [0.25, 0.3) is 11.0 Å². The van der Waals surface area contributed by atoms with Crippen LogP contribution < -0.4 is 0 Å². The molecule has 0 saturated carbocycles. The molecule has 3 nitrogen and oxygen atoms in total. The zero-order valence-corrected chi connectivity index (χ0v) is 11.1. The minimum Gasteiger partial charge on any atom is -0.467 e. The molecule has 0 radical (unpaired) electrons. The highest BCUT2D eigenvalue weighted by Gasteiger charge is 2.15. The molecule has 0 aliphatic rings. The van der Waals surface area contributed by atoms with Crippen molar-refractivity contribution in [2.24, 2.45) is 0 Å². The number of H-pyrrole nitrogens is 1. The van der Waals surface area contributed by atoms with Crippen molar-refractivity contribution in [1.82, 2.24) is 9.55 Å². The van der Waals surface area contributed by atoms with Crippen molar-refractivity contribution in [3.8, 4) is 0 Å². The van der Waals surface area contributed by atoms with E-state index in [4.69, 9.17) is 16.6 Å². The first kappa shape index (κ1) is 11.3. The van der Waals surface area contributed by atoms with Gasteiger partial charge in [0.15, 0.2) is 4.77 Å². The van der Waals surface area contributed by atoms with Crippen LogP contribution in [-0.2, 0) is 0 Å². The summed E-state index contributed by atoms with van der Waals surface area (Å²) in [4.78, 5) is 3.23. The second-order valence-corrected chi connectivity index (χ2v) is 4.90. The normalized spacial score (nSPS) is 13.0. The quantitative estimate of drug-likeness (QED) is 0.699. The second-order valence-electron chi connectivity index (χ2n) is 4.51. The van der Waals surface area contributed by atoms with Gasteiger partial charge in [-0.2, -0.15) is 0 Å². The third-order valence-electron chi connectivity index (χ3n) is 3.22. The van der Waals surface area contributed by atoms with E-state index >= 15 is 0 Å². The zero-order chi connectivity index (χ0) is 12.7. The SMILES string of the molecule is Cc1ccc2[nH]c(=S)n(C(C)c3ccco3)c2c1. The molecule has 0 saturated heterocycles. The fourth-order valence-electron chi connectivity index (χ4n) is 2.27. The van der Waals surface area contributed by atoms with Gasteiger partial charge in [-0.15, -0.1) is 0 Å². The number of nitrogens with zero attached hydrogens (tertiary/aromatic N) is 1. The van der Waals surface area contributed by atoms with Crippen LogP contribution in [0.2, 0.25) is 0 Å². The van der Waals surface area contributed by atoms with Crippen LogP contribution in [0.4, 0.5) is 0 Å². The number of hydrogen-bond acceptors (Lipinski definition) is 2. The molecule has 1 unspecified atom stereocenters. The van der Waals surface area contributed by atoms with Gasteiger partial charge in [-0.3, -0.25) is 0 Å². The Labute approximate surface area is 110 Å². The van der Waals surface area contributed by atoms with Crippen LogP contribution in [-0.4, -0.2) is 9.55 Å². The average Bonchev–Trinajstić information content (AvgIpc) is 2.94. The standard InChI is InChI=1S/C14H14N2OS/c1-9-5-6-11-12(8-9)16(14(18)15-11)10(2)13-4-3-7-17-13/h3-8,10H,1-2H3,(H,15,18). The number of rotatable bonds is 2. The van der Waals surface area contributed by atoms with Crippen molar-refractivity contribution in [3.63, 3.8) is 0 Å². The van der Waals surface area contributed by atoms with E-state index in [2.05, 4.69) is 41.6 Å². The molecule has 3 rings (SSSR count). The van der Waals surface area contributed by atoms with E-state index in [-0.39, 0.29) is 6.04 Å². The molecule has 1 N–H and O–H groups in total. The maximum Gasteiger partial charge on any atom is 0.178 e. The summed E-state index contributed by atoms with van der Waals surface area (Å²) in [7, 11) is 0. The molecule has 0 aliphatic carbocycles. The van der Waals surface area contributed by atoms with Crippen molar-refractivity contribution in [2.75, 3.05) is 0 Å². The Morgan fingerprint density at radius 3 is 2.89 bits per heavy atom. The highest BCUT2D eigenvalue weighted by atomic mass is 32.1. The van der Waals surface area contributed by atoms with Gasteiger partial charge in [-0.05, 0) is 55.9 Å². The predicted octanol–water partition coefficient (Wildman–Crippen LogP) is 4.21. The van der Waals surface area contributed by atoms with E-state index in [1.54, 1.807) is 6.26 Å². The Hall–Kier alpha value is -1.81. The Morgan fingerprint density at radius 1 is 1.33 bits per heavy atom. The first-order valence-electron chi connectivity index (χ1n) is 5.91. The Morgan fingerprint density at radius 2 is 2.17 bits per heavy atom. The van der Waals surface area contributed by atoms with Crippen LogP contribution in [0.5, 0.6) is 0 Å². The van der Waals surface area contributed by atoms with Crippen molar-refractivity contribution in [2.45, 2.75) is 19.9 Å². The number of benzene rings is 1. The Balaban J connectivity index is 2.25. The first-order chi connectivity index (χ1) is 8.66. The summed E-state index contributed by atoms with van der Waals surface area (Å²) < 4.78 is 8.29. The fourth-order valence-corrected chi connectivity index (χ4v) is 2.64. The first-order valence-corrected chi connectivity index (χ1v) is 6.32. The zero-order valence-electron chi connectivity index (χ0n) is 10.3. The summed E-state index contributed by atoms with van der Waals surface area (Å²) in [5.74, 6) is 0.911. The lowest BCUT2D eigenvalue weighted by molar-refractivity contribution is 0.449. The van der Waals surface area contributed by atoms with Crippen LogP contribution in [0, 0.1) is 11.7 Å². The summed E-state index contributed by atoms with van der Waals surface area (Å²) in [5, 5.41) is 0. The van der Waals surface area contributed by atoms with E-state index in [0.717, 1.165) is 21.6 Å². The van der Waals surface area contributed by atoms with E-state index in [0.29, 0.717) is 0 Å². The van der Waals surface area contributed by atoms with Crippen molar-refractivity contribution in [3.05, 3.63) is 52.7 Å². The molecule has 0 fully saturated rings. The number of furan rings is 1. The van der Waals surface area contributed by atoms with Gasteiger partial charge in [0.05, 0.1) is 23.3 Å². The summed E-state index contributed by atoms with van der Waals surface area (Å²) in [6, 6.07) is 10.2. The number of hydrogen-bond donors (Lipinski definition) is 1. The monoisotopic (exact) mass is 258 g/mol. The Kier molecular flexibility index (Phi) is 2.59. The van der Waals surface area contributed by atoms with Gasteiger partial charge in [0, 0.05) is 0 Å². The van der Waals surface area contributed by atoms with Gasteiger partial charge < -0.3 is 14.0 Å². The second kappa shape index (κ2) is 4.14. The van der Waals surface area contributed by atoms with Crippen LogP contribution >= 0.6 is 12.2 Å². The van der Waals surface area contributed by atoms with Crippen molar-refractivity contribution in [1.29, 1.82) is 0 Å². The van der Waals surface area contributed by atoms with Crippen LogP contribution in [0.3, 0.4) is 0 Å². The highest BCUT2D eigenvalue weighted by molar-refractivity contribution is 7.71. The lowest BCUT2D eigenvalue weighted by Gasteiger charge is -2.12. The molecular weight excluding hydrogens is 244 g/mol. The predicted molar refractivity (Wildman–Crippen MR) is 74.4 cm³/mol. The minimum atomic E-state index is 0.0862. The summed E-state index contributed by atoms with van der Waals surface area (Å²) in [6.07, 6.45) is 1.69. The molecule has 1 atom stereocenters. The van der Waals surface area contributed by atoms with Gasteiger partial charge in [0.1, 0.15) is 5.76 Å². The average molecular weight is 258 g/mol. The number of nitrogens with one attached hydrogen (secondary N) is 1. The van der Waals surface area contributed by atoms with Gasteiger partial charge in [-0.25, -0.2) is 0 Å². The van der Waals surface area contributed by atoms with E-state index in [9.17, 15) is 0 Å². The molecule has 18 heavy (non-hydrogen) atoms. The van der Waals surface area contributed by atoms with E-state index in [1.807, 2.05) is 12.1 Å². The fraction of sp³-hybridized carbons (Fsp3) is 0.214. The van der Waals surface area contributed by atoms with Gasteiger partial charge in [-0.1, -0.05) is 6.07 Å². The third kappa shape index (κ3) is 1.69. The van der Waals surface area contributed by atoms with Gasteiger partial charge in [0.25, 0.3) is 0 Å². The van der Waals surface area contributed by atoms with E-state index in [1.165, 1.54) is 5.56 Å². The molecule has 3 aromatic rings. The topological polar surface area (TPSA) is 33.9 Å². The smallest absolute Gasteiger partial charge is 0.178 e. The summed E-state index contributed by atoms with van der Waals surface area (Å²) >= 11 is 5.41. The third-order valence-corrected chi connectivity index (χ3v) is 3.51. The lowest BCUT2D eigenvalue weighted by Crippen LogP contribution is -2.05. The van der Waals surface area contributed by atoms with Crippen LogP contribution in [0.15, 0.2) is 41.0 Å². The number of fused-ring (bicyclic) bond motifs is 1. The van der Waals surface area contributed by atoms with E-state index < -0.39 is 0 Å². The molecule has 0 aliphatic heterocycles. The highest BCUT2D eigenvalue weighted by Crippen LogP contribution is 2.25. The maximum atomic E-state index is 5.47. The Bertz CT molecular complexity index is 737. The van der Waals surface area contributed by atoms with Crippen molar-refractivity contribution < 1.29 is 4.42 Å². The molecule has 1 aromatic carbocycles. The molecule has 0 amide bonds. The molecular formula is C14H14N2OS. The summed E-state index contributed by atoms with van der Waals surface area (Å²) in [6.45, 7) is 4.17. The molecule has 2 heterocycles. The molecule has 0 bridgehead atoms. The number of imidazole rings is 1. The van der Waals surface area contributed by atoms with Crippen molar-refractivity contribution >= 4 is 23.3 Å². The largest absolute Gasteiger partial charge is 0.467 e. The molecule has 2 aromatic heterocycles. The minimum absolute atomic E-state index is 0.0862. The number of aromatic nitrogens is 2. The maximum absolute atomic E-state index is 5.47. The van der Waals surface area contributed by atoms with Gasteiger partial charge >= 0.3 is 0 Å². The van der Waals surface area contributed by atoms with Crippen LogP contribution in [0.1, 0.15) is 24.3 Å². The molecule has 4 heteroatoms. The summed E-state index contributed by atoms with van der Waals surface area (Å²) in [5.41, 5.74) is 3.39. The number of aromatic amines is 1. The molecule has 0 spiro atoms. The number of aryl methyl sites for hydroxylation is 1. The molecule has 92 valence electrons. The van der Waals surface area contributed by atoms with Gasteiger partial charge in [0.2, 0.25) is 0 Å². The lowest BCUT2D eigenvalue weighted by atomic mass is 10.2.